The van der Waals surface area contributed by atoms with Gasteiger partial charge in [-0.05, 0) is 29.8 Å². The summed E-state index contributed by atoms with van der Waals surface area (Å²) in [6, 6.07) is 11.9. The van der Waals surface area contributed by atoms with Gasteiger partial charge in [-0.15, -0.1) is 0 Å². The highest BCUT2D eigenvalue weighted by Gasteiger charge is 2.24. The predicted molar refractivity (Wildman–Crippen MR) is 78.2 cm³/mol. The minimum absolute atomic E-state index is 0.249. The number of halogens is 2. The highest BCUT2D eigenvalue weighted by molar-refractivity contribution is 5.94. The number of rotatable bonds is 4. The first-order valence-corrected chi connectivity index (χ1v) is 6.69. The minimum atomic E-state index is -0.561. The molecular formula is C17H17F2NO. The maximum absolute atomic E-state index is 13.8. The highest BCUT2D eigenvalue weighted by atomic mass is 19.1. The molecule has 0 atom stereocenters. The second-order valence-corrected chi connectivity index (χ2v) is 5.56. The Kier molecular flexibility index (Phi) is 4.36. The minimum Gasteiger partial charge on any atom is -0.351 e. The highest BCUT2D eigenvalue weighted by Crippen LogP contribution is 2.24. The van der Waals surface area contributed by atoms with Gasteiger partial charge in [-0.3, -0.25) is 4.79 Å². The second kappa shape index (κ2) is 6.04. The number of hydrogen-bond donors (Lipinski definition) is 1. The van der Waals surface area contributed by atoms with Crippen molar-refractivity contribution in [2.45, 2.75) is 19.3 Å². The number of carbonyl (C=O) groups excluding carboxylic acids is 1. The number of carbonyl (C=O) groups is 1. The monoisotopic (exact) mass is 289 g/mol. The molecule has 0 saturated heterocycles. The van der Waals surface area contributed by atoms with Crippen molar-refractivity contribution in [1.29, 1.82) is 0 Å². The molecule has 2 aromatic rings. The van der Waals surface area contributed by atoms with E-state index in [4.69, 9.17) is 0 Å². The van der Waals surface area contributed by atoms with Gasteiger partial charge in [0, 0.05) is 17.5 Å². The fourth-order valence-electron chi connectivity index (χ4n) is 2.14. The van der Waals surface area contributed by atoms with Crippen molar-refractivity contribution in [2.75, 3.05) is 6.54 Å². The van der Waals surface area contributed by atoms with Crippen molar-refractivity contribution in [3.63, 3.8) is 0 Å². The summed E-state index contributed by atoms with van der Waals surface area (Å²) in [7, 11) is 0. The van der Waals surface area contributed by atoms with E-state index in [1.54, 1.807) is 18.2 Å². The molecule has 0 saturated carbocycles. The summed E-state index contributed by atoms with van der Waals surface area (Å²) >= 11 is 0. The Balaban J connectivity index is 2.08. The average Bonchev–Trinajstić information content (AvgIpc) is 2.45. The molecule has 1 N–H and O–H groups in total. The quantitative estimate of drug-likeness (QED) is 0.914. The maximum Gasteiger partial charge on any atom is 0.251 e. The first kappa shape index (κ1) is 15.2. The topological polar surface area (TPSA) is 29.1 Å². The lowest BCUT2D eigenvalue weighted by molar-refractivity contribution is 0.0945. The Bertz CT molecular complexity index is 653. The number of amides is 1. The van der Waals surface area contributed by atoms with E-state index in [0.717, 1.165) is 0 Å². The van der Waals surface area contributed by atoms with E-state index in [2.05, 4.69) is 5.32 Å². The molecule has 0 aliphatic heterocycles. The largest absolute Gasteiger partial charge is 0.351 e. The van der Waals surface area contributed by atoms with E-state index in [-0.39, 0.29) is 23.8 Å². The molecule has 0 aromatic heterocycles. The molecule has 110 valence electrons. The van der Waals surface area contributed by atoms with Crippen LogP contribution in [0.15, 0.2) is 48.5 Å². The number of nitrogens with one attached hydrogen (secondary N) is 1. The number of benzene rings is 2. The van der Waals surface area contributed by atoms with E-state index >= 15 is 0 Å². The summed E-state index contributed by atoms with van der Waals surface area (Å²) in [5.41, 5.74) is 0.220. The van der Waals surface area contributed by atoms with E-state index in [0.29, 0.717) is 5.56 Å². The smallest absolute Gasteiger partial charge is 0.251 e. The van der Waals surface area contributed by atoms with E-state index in [1.807, 2.05) is 13.8 Å². The molecule has 0 spiro atoms. The van der Waals surface area contributed by atoms with Gasteiger partial charge in [0.05, 0.1) is 0 Å². The molecule has 0 bridgehead atoms. The lowest BCUT2D eigenvalue weighted by Gasteiger charge is -2.26. The van der Waals surface area contributed by atoms with Gasteiger partial charge in [0.15, 0.2) is 0 Å². The lowest BCUT2D eigenvalue weighted by Crippen LogP contribution is -2.37. The molecule has 0 unspecified atom stereocenters. The van der Waals surface area contributed by atoms with Crippen molar-refractivity contribution >= 4 is 5.91 Å². The SMILES string of the molecule is CC(C)(CNC(=O)c1cccc(F)c1)c1ccccc1F. The molecule has 4 heteroatoms. The van der Waals surface area contributed by atoms with Crippen LogP contribution in [0.25, 0.3) is 0 Å². The summed E-state index contributed by atoms with van der Waals surface area (Å²) in [6.45, 7) is 3.94. The Morgan fingerprint density at radius 3 is 2.48 bits per heavy atom. The molecule has 1 amide bonds. The molecular weight excluding hydrogens is 272 g/mol. The zero-order valence-corrected chi connectivity index (χ0v) is 12.0. The van der Waals surface area contributed by atoms with Gasteiger partial charge in [0.25, 0.3) is 5.91 Å². The van der Waals surface area contributed by atoms with Crippen molar-refractivity contribution in [1.82, 2.24) is 5.32 Å². The van der Waals surface area contributed by atoms with Crippen LogP contribution in [-0.4, -0.2) is 12.5 Å². The van der Waals surface area contributed by atoms with Gasteiger partial charge in [-0.2, -0.15) is 0 Å². The zero-order chi connectivity index (χ0) is 15.5. The maximum atomic E-state index is 13.8. The van der Waals surface area contributed by atoms with Crippen LogP contribution in [-0.2, 0) is 5.41 Å². The van der Waals surface area contributed by atoms with Crippen LogP contribution in [0.4, 0.5) is 8.78 Å². The van der Waals surface area contributed by atoms with Crippen LogP contribution in [0.3, 0.4) is 0 Å². The van der Waals surface area contributed by atoms with Gasteiger partial charge >= 0.3 is 0 Å². The molecule has 0 radical (unpaired) electrons. The molecule has 2 aromatic carbocycles. The summed E-state index contributed by atoms with van der Waals surface area (Å²) in [6.07, 6.45) is 0. The van der Waals surface area contributed by atoms with Crippen LogP contribution < -0.4 is 5.32 Å². The molecule has 21 heavy (non-hydrogen) atoms. The van der Waals surface area contributed by atoms with Crippen LogP contribution in [0, 0.1) is 11.6 Å². The number of hydrogen-bond acceptors (Lipinski definition) is 1. The van der Waals surface area contributed by atoms with E-state index < -0.39 is 11.2 Å². The summed E-state index contributed by atoms with van der Waals surface area (Å²) in [5, 5.41) is 2.72. The fourth-order valence-corrected chi connectivity index (χ4v) is 2.14. The Morgan fingerprint density at radius 2 is 1.81 bits per heavy atom. The standard InChI is InChI=1S/C17H17F2NO/c1-17(2,14-8-3-4-9-15(14)19)11-20-16(21)12-6-5-7-13(18)10-12/h3-10H,11H2,1-2H3,(H,20,21). The van der Waals surface area contributed by atoms with Crippen molar-refractivity contribution in [3.8, 4) is 0 Å². The van der Waals surface area contributed by atoms with Crippen molar-refractivity contribution in [3.05, 3.63) is 71.3 Å². The fraction of sp³-hybridized carbons (Fsp3) is 0.235. The molecule has 0 fully saturated rings. The Hall–Kier alpha value is -2.23. The zero-order valence-electron chi connectivity index (χ0n) is 12.0. The summed E-state index contributed by atoms with van der Waals surface area (Å²) in [5.74, 6) is -1.14. The van der Waals surface area contributed by atoms with E-state index in [1.165, 1.54) is 30.3 Å². The van der Waals surface area contributed by atoms with Crippen LogP contribution in [0.5, 0.6) is 0 Å². The second-order valence-electron chi connectivity index (χ2n) is 5.56. The molecule has 0 heterocycles. The van der Waals surface area contributed by atoms with Gasteiger partial charge in [-0.1, -0.05) is 38.1 Å². The van der Waals surface area contributed by atoms with Gasteiger partial charge < -0.3 is 5.32 Å². The lowest BCUT2D eigenvalue weighted by atomic mass is 9.84. The predicted octanol–water partition coefficient (Wildman–Crippen LogP) is 3.67. The van der Waals surface area contributed by atoms with E-state index in [9.17, 15) is 13.6 Å². The van der Waals surface area contributed by atoms with Crippen LogP contribution in [0.2, 0.25) is 0 Å². The Morgan fingerprint density at radius 1 is 1.10 bits per heavy atom. The summed E-state index contributed by atoms with van der Waals surface area (Å²) < 4.78 is 26.9. The first-order chi connectivity index (χ1) is 9.90. The third-order valence-electron chi connectivity index (χ3n) is 3.38. The molecule has 0 aliphatic carbocycles. The van der Waals surface area contributed by atoms with Gasteiger partial charge in [0.1, 0.15) is 11.6 Å². The van der Waals surface area contributed by atoms with Crippen molar-refractivity contribution in [2.24, 2.45) is 0 Å². The van der Waals surface area contributed by atoms with Gasteiger partial charge in [0.2, 0.25) is 0 Å². The van der Waals surface area contributed by atoms with Gasteiger partial charge in [-0.25, -0.2) is 8.78 Å². The first-order valence-electron chi connectivity index (χ1n) is 6.69. The third-order valence-corrected chi connectivity index (χ3v) is 3.38. The van der Waals surface area contributed by atoms with Crippen molar-refractivity contribution < 1.29 is 13.6 Å². The van der Waals surface area contributed by atoms with Crippen LogP contribution in [0.1, 0.15) is 29.8 Å². The Labute approximate surface area is 122 Å². The van der Waals surface area contributed by atoms with Crippen LogP contribution >= 0.6 is 0 Å². The normalized spacial score (nSPS) is 11.2. The third kappa shape index (κ3) is 3.66. The summed E-state index contributed by atoms with van der Waals surface area (Å²) in [4.78, 5) is 12.0. The average molecular weight is 289 g/mol. The molecule has 0 aliphatic rings. The molecule has 2 rings (SSSR count). The molecule has 2 nitrogen and oxygen atoms in total.